The molecule has 0 spiro atoms. The number of amides is 1. The lowest BCUT2D eigenvalue weighted by molar-refractivity contribution is 0.102. The number of nitrogens with zero attached hydrogens (tertiary/aromatic N) is 5. The number of nitrogens with one attached hydrogen (secondary N) is 2. The molecule has 0 saturated carbocycles. The molecule has 53 heavy (non-hydrogen) atoms. The third-order valence-corrected chi connectivity index (χ3v) is 10.1. The van der Waals surface area contributed by atoms with Crippen LogP contribution >= 0.6 is 23.2 Å². The van der Waals surface area contributed by atoms with E-state index in [1.54, 1.807) is 24.8 Å². The van der Waals surface area contributed by atoms with E-state index in [1.165, 1.54) is 0 Å². The predicted molar refractivity (Wildman–Crippen MR) is 214 cm³/mol. The highest BCUT2D eigenvalue weighted by Crippen LogP contribution is 2.41. The zero-order chi connectivity index (χ0) is 36.9. The smallest absolute Gasteiger partial charge is 0.272 e. The van der Waals surface area contributed by atoms with E-state index in [2.05, 4.69) is 62.6 Å². The van der Waals surface area contributed by atoms with Gasteiger partial charge in [-0.15, -0.1) is 0 Å². The van der Waals surface area contributed by atoms with Gasteiger partial charge in [0.25, 0.3) is 5.91 Å². The number of aromatic amines is 1. The second-order valence-electron chi connectivity index (χ2n) is 12.9. The summed E-state index contributed by atoms with van der Waals surface area (Å²) >= 11 is 12.8. The number of H-pyrrole nitrogens is 1. The number of anilines is 2. The number of hydrogen-bond donors (Lipinski definition) is 2. The number of aromatic nitrogens is 4. The molecule has 6 aromatic rings. The van der Waals surface area contributed by atoms with Crippen LogP contribution in [0.25, 0.3) is 22.2 Å². The molecule has 0 bridgehead atoms. The highest BCUT2D eigenvalue weighted by molar-refractivity contribution is 6.31. The number of pyridine rings is 1. The summed E-state index contributed by atoms with van der Waals surface area (Å²) in [5, 5.41) is 5.27. The van der Waals surface area contributed by atoms with Gasteiger partial charge < -0.3 is 24.8 Å². The van der Waals surface area contributed by atoms with Crippen molar-refractivity contribution in [2.24, 2.45) is 0 Å². The van der Waals surface area contributed by atoms with Crippen molar-refractivity contribution in [1.29, 1.82) is 0 Å². The van der Waals surface area contributed by atoms with Gasteiger partial charge in [-0.3, -0.25) is 9.78 Å². The fourth-order valence-electron chi connectivity index (χ4n) is 6.90. The van der Waals surface area contributed by atoms with Crippen LogP contribution in [0.5, 0.6) is 5.88 Å². The van der Waals surface area contributed by atoms with E-state index in [4.69, 9.17) is 32.9 Å². The molecule has 1 atom stereocenters. The lowest BCUT2D eigenvalue weighted by Crippen LogP contribution is -2.39. The number of ether oxygens (including phenoxy) is 1. The number of benzene rings is 3. The highest BCUT2D eigenvalue weighted by Gasteiger charge is 2.30. The van der Waals surface area contributed by atoms with Crippen molar-refractivity contribution in [3.05, 3.63) is 155 Å². The summed E-state index contributed by atoms with van der Waals surface area (Å²) in [6.45, 7) is 9.84. The van der Waals surface area contributed by atoms with Gasteiger partial charge in [-0.1, -0.05) is 78.3 Å². The summed E-state index contributed by atoms with van der Waals surface area (Å²) in [6, 6.07) is 27.1. The summed E-state index contributed by atoms with van der Waals surface area (Å²) in [6.07, 6.45) is 9.97. The van der Waals surface area contributed by atoms with Crippen molar-refractivity contribution in [1.82, 2.24) is 24.8 Å². The lowest BCUT2D eigenvalue weighted by Gasteiger charge is -2.33. The van der Waals surface area contributed by atoms with Crippen LogP contribution < -0.4 is 15.0 Å². The fourth-order valence-corrected chi connectivity index (χ4v) is 7.20. The lowest BCUT2D eigenvalue weighted by atomic mass is 9.95. The van der Waals surface area contributed by atoms with Crippen LogP contribution in [0.2, 0.25) is 10.0 Å². The molecule has 1 saturated heterocycles. The Morgan fingerprint density at radius 2 is 1.74 bits per heavy atom. The Bertz CT molecular complexity index is 2250. The van der Waals surface area contributed by atoms with Crippen LogP contribution in [-0.4, -0.2) is 49.9 Å². The Labute approximate surface area is 319 Å². The third-order valence-electron chi connectivity index (χ3n) is 9.61. The molecule has 4 heterocycles. The SMILES string of the molecule is C=CN(/C(=C(\C)c1ccccc1)c1c(C(=O)Nc2cccnc2N2CCC(Oc3cnccn3)CC2)[nH]c2cc(Cl)ccc12)C(C)c1ccc(Cl)cc1. The molecule has 1 aliphatic heterocycles. The Hall–Kier alpha value is -5.64. The van der Waals surface area contributed by atoms with E-state index in [-0.39, 0.29) is 18.1 Å². The summed E-state index contributed by atoms with van der Waals surface area (Å²) in [5.74, 6) is 0.893. The van der Waals surface area contributed by atoms with E-state index < -0.39 is 0 Å². The van der Waals surface area contributed by atoms with Crippen LogP contribution in [0.1, 0.15) is 59.9 Å². The van der Waals surface area contributed by atoms with Crippen molar-refractivity contribution in [3.8, 4) is 5.88 Å². The molecule has 11 heteroatoms. The van der Waals surface area contributed by atoms with Crippen molar-refractivity contribution < 1.29 is 9.53 Å². The summed E-state index contributed by atoms with van der Waals surface area (Å²) < 4.78 is 6.07. The molecular weight excluding hydrogens is 705 g/mol. The minimum Gasteiger partial charge on any atom is -0.473 e. The number of piperidine rings is 1. The normalized spacial score (nSPS) is 14.4. The van der Waals surface area contributed by atoms with Gasteiger partial charge in [0.2, 0.25) is 5.88 Å². The topological polar surface area (TPSA) is 99.3 Å². The number of rotatable bonds is 11. The highest BCUT2D eigenvalue weighted by atomic mass is 35.5. The van der Waals surface area contributed by atoms with Crippen LogP contribution in [-0.2, 0) is 0 Å². The van der Waals surface area contributed by atoms with Gasteiger partial charge in [0.15, 0.2) is 5.82 Å². The van der Waals surface area contributed by atoms with Gasteiger partial charge in [0.1, 0.15) is 11.8 Å². The second-order valence-corrected chi connectivity index (χ2v) is 13.8. The molecule has 0 radical (unpaired) electrons. The van der Waals surface area contributed by atoms with E-state index in [9.17, 15) is 4.79 Å². The average Bonchev–Trinajstić information content (AvgIpc) is 3.56. The van der Waals surface area contributed by atoms with Crippen LogP contribution in [0, 0.1) is 0 Å². The van der Waals surface area contributed by atoms with Crippen molar-refractivity contribution in [3.63, 3.8) is 0 Å². The first-order valence-corrected chi connectivity index (χ1v) is 18.2. The molecular formula is C42H39Cl2N7O2. The first-order valence-electron chi connectivity index (χ1n) is 17.5. The summed E-state index contributed by atoms with van der Waals surface area (Å²) in [5.41, 5.74) is 6.27. The molecule has 2 N–H and O–H groups in total. The van der Waals surface area contributed by atoms with Gasteiger partial charge in [-0.05, 0) is 73.1 Å². The maximum absolute atomic E-state index is 14.7. The van der Waals surface area contributed by atoms with Gasteiger partial charge in [-0.2, -0.15) is 0 Å². The third kappa shape index (κ3) is 7.77. The zero-order valence-corrected chi connectivity index (χ0v) is 31.0. The number of hydrogen-bond acceptors (Lipinski definition) is 7. The first kappa shape index (κ1) is 35.7. The Morgan fingerprint density at radius 1 is 0.981 bits per heavy atom. The maximum Gasteiger partial charge on any atom is 0.272 e. The van der Waals surface area contributed by atoms with E-state index >= 15 is 0 Å². The second kappa shape index (κ2) is 15.9. The predicted octanol–water partition coefficient (Wildman–Crippen LogP) is 10.1. The minimum atomic E-state index is -0.316. The van der Waals surface area contributed by atoms with Crippen molar-refractivity contribution >= 4 is 62.8 Å². The van der Waals surface area contributed by atoms with Crippen LogP contribution in [0.4, 0.5) is 11.5 Å². The van der Waals surface area contributed by atoms with Gasteiger partial charge >= 0.3 is 0 Å². The van der Waals surface area contributed by atoms with Gasteiger partial charge in [0.05, 0.1) is 23.6 Å². The molecule has 7 rings (SSSR count). The maximum atomic E-state index is 14.7. The van der Waals surface area contributed by atoms with Crippen LogP contribution in [0.15, 0.2) is 122 Å². The molecule has 0 aliphatic carbocycles. The van der Waals surface area contributed by atoms with E-state index in [1.807, 2.05) is 79.0 Å². The van der Waals surface area contributed by atoms with E-state index in [0.29, 0.717) is 46.2 Å². The molecule has 3 aromatic heterocycles. The molecule has 1 amide bonds. The largest absolute Gasteiger partial charge is 0.473 e. The molecule has 1 fully saturated rings. The van der Waals surface area contributed by atoms with E-state index in [0.717, 1.165) is 51.7 Å². The molecule has 1 aliphatic rings. The fraction of sp³-hybridized carbons (Fsp3) is 0.190. The Morgan fingerprint density at radius 3 is 2.45 bits per heavy atom. The minimum absolute atomic E-state index is 0.00608. The monoisotopic (exact) mass is 743 g/mol. The van der Waals surface area contributed by atoms with Crippen LogP contribution in [0.3, 0.4) is 0 Å². The Balaban J connectivity index is 1.27. The molecule has 3 aromatic carbocycles. The van der Waals surface area contributed by atoms with Gasteiger partial charge in [0, 0.05) is 71.0 Å². The number of carbonyl (C=O) groups is 1. The number of allylic oxidation sites excluding steroid dienone is 1. The number of halogens is 2. The quantitative estimate of drug-likeness (QED) is 0.136. The van der Waals surface area contributed by atoms with Gasteiger partial charge in [-0.25, -0.2) is 9.97 Å². The molecule has 9 nitrogen and oxygen atoms in total. The van der Waals surface area contributed by atoms with Crippen molar-refractivity contribution in [2.45, 2.75) is 38.8 Å². The zero-order valence-electron chi connectivity index (χ0n) is 29.5. The first-order chi connectivity index (χ1) is 25.8. The standard InChI is InChI=1S/C42H39Cl2N7O2/c1-4-51(28(3)30-12-14-31(43)15-13-30)40(27(2)29-9-6-5-7-10-29)38-34-17-16-32(44)25-36(34)48-39(38)42(52)49-35-11-8-20-47-41(35)50-23-18-33(19-24-50)53-37-26-45-21-22-46-37/h4-17,20-22,25-26,28,33,48H,1,18-19,23-24H2,2-3H3,(H,49,52)/b40-27+. The van der Waals surface area contributed by atoms with Crippen molar-refractivity contribution in [2.75, 3.05) is 23.3 Å². The average molecular weight is 745 g/mol. The Kier molecular flexibility index (Phi) is 10.8. The number of carbonyl (C=O) groups excluding carboxylic acids is 1. The molecule has 268 valence electrons. The summed E-state index contributed by atoms with van der Waals surface area (Å²) in [7, 11) is 0. The summed E-state index contributed by atoms with van der Waals surface area (Å²) in [4.78, 5) is 35.5. The number of fused-ring (bicyclic) bond motifs is 1. The molecule has 1 unspecified atom stereocenters.